The van der Waals surface area contributed by atoms with Gasteiger partial charge in [-0.1, -0.05) is 44.5 Å². The molecule has 0 saturated heterocycles. The van der Waals surface area contributed by atoms with Crippen LogP contribution >= 0.6 is 11.6 Å². The zero-order chi connectivity index (χ0) is 17.9. The van der Waals surface area contributed by atoms with E-state index < -0.39 is 0 Å². The third kappa shape index (κ3) is 4.29. The number of aromatic nitrogens is 2. The summed E-state index contributed by atoms with van der Waals surface area (Å²) in [5.74, 6) is 0.546. The number of hydrogen-bond acceptors (Lipinski definition) is 3. The van der Waals surface area contributed by atoms with Gasteiger partial charge in [-0.15, -0.1) is 0 Å². The quantitative estimate of drug-likeness (QED) is 0.841. The fourth-order valence-corrected chi connectivity index (χ4v) is 2.62. The van der Waals surface area contributed by atoms with Crippen LogP contribution in [0.15, 0.2) is 24.3 Å². The molecule has 1 N–H and O–H groups in total. The third-order valence-electron chi connectivity index (χ3n) is 3.76. The van der Waals surface area contributed by atoms with E-state index in [4.69, 9.17) is 16.3 Å². The van der Waals surface area contributed by atoms with Gasteiger partial charge in [-0.05, 0) is 30.0 Å². The molecule has 1 aromatic carbocycles. The van der Waals surface area contributed by atoms with Crippen LogP contribution in [0.1, 0.15) is 42.4 Å². The molecule has 0 aliphatic carbocycles. The average Bonchev–Trinajstić information content (AvgIpc) is 2.76. The number of amides is 1. The van der Waals surface area contributed by atoms with Crippen LogP contribution in [0.3, 0.4) is 0 Å². The topological polar surface area (TPSA) is 56.2 Å². The van der Waals surface area contributed by atoms with Crippen molar-refractivity contribution in [3.05, 3.63) is 46.2 Å². The zero-order valence-electron chi connectivity index (χ0n) is 14.8. The number of hydrogen-bond donors (Lipinski definition) is 1. The second-order valence-electron chi connectivity index (χ2n) is 6.75. The van der Waals surface area contributed by atoms with Crippen LogP contribution in [0.25, 0.3) is 0 Å². The Morgan fingerprint density at radius 3 is 2.42 bits per heavy atom. The number of carbonyl (C=O) groups excluding carboxylic acids is 1. The molecule has 6 heteroatoms. The first-order chi connectivity index (χ1) is 11.2. The number of aryl methyl sites for hydroxylation is 2. The molecular formula is C18H24ClN3O2. The Hall–Kier alpha value is -2.01. The third-order valence-corrected chi connectivity index (χ3v) is 4.19. The molecule has 130 valence electrons. The minimum Gasteiger partial charge on any atom is -0.492 e. The van der Waals surface area contributed by atoms with E-state index in [1.807, 2.05) is 12.1 Å². The lowest BCUT2D eigenvalue weighted by molar-refractivity contribution is 0.0946. The van der Waals surface area contributed by atoms with Crippen LogP contribution in [0.2, 0.25) is 5.15 Å². The molecule has 1 aromatic heterocycles. The molecule has 0 spiro atoms. The van der Waals surface area contributed by atoms with Crippen molar-refractivity contribution < 1.29 is 9.53 Å². The molecule has 0 unspecified atom stereocenters. The Balaban J connectivity index is 1.83. The SMILES string of the molecule is Cc1nn(C)c(Cl)c1C(=O)NCCOc1ccc(C(C)(C)C)cc1. The van der Waals surface area contributed by atoms with Gasteiger partial charge in [-0.3, -0.25) is 9.48 Å². The summed E-state index contributed by atoms with van der Waals surface area (Å²) < 4.78 is 7.14. The lowest BCUT2D eigenvalue weighted by atomic mass is 9.87. The van der Waals surface area contributed by atoms with Gasteiger partial charge in [0.1, 0.15) is 17.5 Å². The maximum absolute atomic E-state index is 12.2. The molecule has 5 nitrogen and oxygen atoms in total. The smallest absolute Gasteiger partial charge is 0.256 e. The molecule has 0 bridgehead atoms. The number of nitrogens with one attached hydrogen (secondary N) is 1. The summed E-state index contributed by atoms with van der Waals surface area (Å²) in [5, 5.41) is 7.26. The summed E-state index contributed by atoms with van der Waals surface area (Å²) >= 11 is 6.08. The summed E-state index contributed by atoms with van der Waals surface area (Å²) in [5.41, 5.74) is 2.39. The van der Waals surface area contributed by atoms with Gasteiger partial charge in [0.15, 0.2) is 0 Å². The minimum absolute atomic E-state index is 0.118. The molecular weight excluding hydrogens is 326 g/mol. The zero-order valence-corrected chi connectivity index (χ0v) is 15.6. The Bertz CT molecular complexity index is 715. The number of benzene rings is 1. The Kier molecular flexibility index (Phi) is 5.54. The van der Waals surface area contributed by atoms with E-state index in [1.54, 1.807) is 14.0 Å². The minimum atomic E-state index is -0.239. The van der Waals surface area contributed by atoms with Crippen LogP contribution in [-0.4, -0.2) is 28.8 Å². The number of ether oxygens (including phenoxy) is 1. The fraction of sp³-hybridized carbons (Fsp3) is 0.444. The Morgan fingerprint density at radius 1 is 1.29 bits per heavy atom. The lowest BCUT2D eigenvalue weighted by Crippen LogP contribution is -2.28. The number of nitrogens with zero attached hydrogens (tertiary/aromatic N) is 2. The highest BCUT2D eigenvalue weighted by Crippen LogP contribution is 2.24. The summed E-state index contributed by atoms with van der Waals surface area (Å²) in [6.07, 6.45) is 0. The fourth-order valence-electron chi connectivity index (χ4n) is 2.36. The molecule has 0 atom stereocenters. The van der Waals surface area contributed by atoms with Crippen LogP contribution in [-0.2, 0) is 12.5 Å². The lowest BCUT2D eigenvalue weighted by Gasteiger charge is -2.19. The first-order valence-electron chi connectivity index (χ1n) is 7.91. The summed E-state index contributed by atoms with van der Waals surface area (Å²) in [4.78, 5) is 12.2. The summed E-state index contributed by atoms with van der Waals surface area (Å²) in [7, 11) is 1.70. The van der Waals surface area contributed by atoms with Gasteiger partial charge in [0.2, 0.25) is 0 Å². The van der Waals surface area contributed by atoms with E-state index in [9.17, 15) is 4.79 Å². The van der Waals surface area contributed by atoms with Crippen molar-refractivity contribution in [3.63, 3.8) is 0 Å². The molecule has 0 aliphatic rings. The molecule has 0 saturated carbocycles. The summed E-state index contributed by atoms with van der Waals surface area (Å²) in [6.45, 7) is 9.05. The Morgan fingerprint density at radius 2 is 1.92 bits per heavy atom. The highest BCUT2D eigenvalue weighted by molar-refractivity contribution is 6.33. The van der Waals surface area contributed by atoms with E-state index >= 15 is 0 Å². The van der Waals surface area contributed by atoms with Gasteiger partial charge in [0.05, 0.1) is 17.8 Å². The Labute approximate surface area is 148 Å². The predicted molar refractivity (Wildman–Crippen MR) is 95.9 cm³/mol. The second kappa shape index (κ2) is 7.26. The molecule has 0 aliphatic heterocycles. The molecule has 1 amide bonds. The number of rotatable bonds is 5. The predicted octanol–water partition coefficient (Wildman–Crippen LogP) is 3.49. The monoisotopic (exact) mass is 349 g/mol. The van der Waals surface area contributed by atoms with Gasteiger partial charge >= 0.3 is 0 Å². The second-order valence-corrected chi connectivity index (χ2v) is 7.11. The van der Waals surface area contributed by atoms with E-state index in [2.05, 4.69) is 43.3 Å². The molecule has 0 radical (unpaired) electrons. The van der Waals surface area contributed by atoms with Gasteiger partial charge in [0.25, 0.3) is 5.91 Å². The maximum Gasteiger partial charge on any atom is 0.256 e. The van der Waals surface area contributed by atoms with Crippen LogP contribution in [0.5, 0.6) is 5.75 Å². The van der Waals surface area contributed by atoms with Gasteiger partial charge in [0, 0.05) is 7.05 Å². The molecule has 2 rings (SSSR count). The van der Waals surface area contributed by atoms with E-state index in [1.165, 1.54) is 10.2 Å². The first-order valence-corrected chi connectivity index (χ1v) is 8.28. The maximum atomic E-state index is 12.2. The van der Waals surface area contributed by atoms with Crippen molar-refractivity contribution in [2.75, 3.05) is 13.2 Å². The van der Waals surface area contributed by atoms with Crippen LogP contribution in [0, 0.1) is 6.92 Å². The van der Waals surface area contributed by atoms with Crippen molar-refractivity contribution in [2.45, 2.75) is 33.1 Å². The van der Waals surface area contributed by atoms with E-state index in [-0.39, 0.29) is 11.3 Å². The van der Waals surface area contributed by atoms with Crippen LogP contribution in [0.4, 0.5) is 0 Å². The average molecular weight is 350 g/mol. The normalized spacial score (nSPS) is 11.4. The van der Waals surface area contributed by atoms with Crippen molar-refractivity contribution in [1.29, 1.82) is 0 Å². The molecule has 0 fully saturated rings. The van der Waals surface area contributed by atoms with Gasteiger partial charge < -0.3 is 10.1 Å². The standard InChI is InChI=1S/C18H24ClN3O2/c1-12-15(16(19)22(5)21-12)17(23)20-10-11-24-14-8-6-13(7-9-14)18(2,3)4/h6-9H,10-11H2,1-5H3,(H,20,23). The highest BCUT2D eigenvalue weighted by atomic mass is 35.5. The van der Waals surface area contributed by atoms with Gasteiger partial charge in [-0.25, -0.2) is 0 Å². The van der Waals surface area contributed by atoms with Crippen LogP contribution < -0.4 is 10.1 Å². The first kappa shape index (κ1) is 18.3. The van der Waals surface area contributed by atoms with Crippen molar-refractivity contribution in [3.8, 4) is 5.75 Å². The molecule has 1 heterocycles. The number of halogens is 1. The molecule has 24 heavy (non-hydrogen) atoms. The highest BCUT2D eigenvalue weighted by Gasteiger charge is 2.18. The molecule has 2 aromatic rings. The summed E-state index contributed by atoms with van der Waals surface area (Å²) in [6, 6.07) is 8.02. The number of carbonyl (C=O) groups is 1. The van der Waals surface area contributed by atoms with Crippen molar-refractivity contribution in [1.82, 2.24) is 15.1 Å². The van der Waals surface area contributed by atoms with Crippen molar-refractivity contribution in [2.24, 2.45) is 7.05 Å². The van der Waals surface area contributed by atoms with Gasteiger partial charge in [-0.2, -0.15) is 5.10 Å². The largest absolute Gasteiger partial charge is 0.492 e. The van der Waals surface area contributed by atoms with E-state index in [0.29, 0.717) is 29.6 Å². The van der Waals surface area contributed by atoms with E-state index in [0.717, 1.165) is 5.75 Å². The van der Waals surface area contributed by atoms with Crippen molar-refractivity contribution >= 4 is 17.5 Å².